The molecule has 2 N–H and O–H groups in total. The van der Waals surface area contributed by atoms with Crippen LogP contribution in [-0.2, 0) is 0 Å². The van der Waals surface area contributed by atoms with Crippen LogP contribution in [0.25, 0.3) is 10.9 Å². The summed E-state index contributed by atoms with van der Waals surface area (Å²) in [5.41, 5.74) is 3.89. The van der Waals surface area contributed by atoms with Crippen molar-refractivity contribution in [1.82, 2.24) is 10.2 Å². The number of hydrogen-bond acceptors (Lipinski definition) is 5. The van der Waals surface area contributed by atoms with Crippen molar-refractivity contribution < 1.29 is 0 Å². The molecule has 0 saturated heterocycles. The fraction of sp³-hybridized carbons (Fsp3) is 0. The number of rotatable bonds is 2. The highest BCUT2D eigenvalue weighted by molar-refractivity contribution is 9.10. The Balaban J connectivity index is 2.37. The fourth-order valence-corrected chi connectivity index (χ4v) is 1.69. The molecular formula is C10H5BrN6. The lowest BCUT2D eigenvalue weighted by molar-refractivity contribution is 1.12. The summed E-state index contributed by atoms with van der Waals surface area (Å²) in [5.74, 6) is 0. The van der Waals surface area contributed by atoms with Crippen LogP contribution in [0.5, 0.6) is 0 Å². The van der Waals surface area contributed by atoms with E-state index < -0.39 is 0 Å². The van der Waals surface area contributed by atoms with Crippen molar-refractivity contribution in [2.24, 2.45) is 5.10 Å². The van der Waals surface area contributed by atoms with E-state index in [4.69, 9.17) is 10.5 Å². The van der Waals surface area contributed by atoms with E-state index in [9.17, 15) is 0 Å². The highest BCUT2D eigenvalue weighted by atomic mass is 79.9. The van der Waals surface area contributed by atoms with E-state index in [1.807, 2.05) is 6.07 Å². The van der Waals surface area contributed by atoms with Crippen LogP contribution in [0.15, 0.2) is 27.9 Å². The molecule has 1 heterocycles. The second kappa shape index (κ2) is 4.64. The molecule has 0 fully saturated rings. The number of aromatic nitrogens is 2. The molecule has 0 aliphatic rings. The first kappa shape index (κ1) is 11.1. The summed E-state index contributed by atoms with van der Waals surface area (Å²) in [7, 11) is 0. The summed E-state index contributed by atoms with van der Waals surface area (Å²) in [6.07, 6.45) is 1.70. The minimum atomic E-state index is -0.235. The number of nitrogens with zero attached hydrogens (tertiary/aromatic N) is 4. The van der Waals surface area contributed by atoms with Crippen LogP contribution < -0.4 is 5.43 Å². The first-order chi connectivity index (χ1) is 8.24. The van der Waals surface area contributed by atoms with Crippen LogP contribution in [0.1, 0.15) is 0 Å². The minimum absolute atomic E-state index is 0.235. The summed E-state index contributed by atoms with van der Waals surface area (Å²) in [6, 6.07) is 6.97. The Hall–Kier alpha value is -2.38. The molecule has 0 aliphatic carbocycles. The van der Waals surface area contributed by atoms with Crippen LogP contribution in [0.2, 0.25) is 0 Å². The molecule has 2 rings (SSSR count). The number of hydrazone groups is 1. The third-order valence-corrected chi connectivity index (χ3v) is 2.68. The number of benzene rings is 1. The van der Waals surface area contributed by atoms with E-state index in [0.717, 1.165) is 15.4 Å². The van der Waals surface area contributed by atoms with Gasteiger partial charge in [-0.15, -0.1) is 0 Å². The van der Waals surface area contributed by atoms with E-state index in [-0.39, 0.29) is 5.71 Å². The topological polar surface area (TPSA) is 101 Å². The number of aromatic amines is 1. The van der Waals surface area contributed by atoms with Gasteiger partial charge in [-0.25, -0.2) is 0 Å². The summed E-state index contributed by atoms with van der Waals surface area (Å²) in [5, 5.41) is 28.4. The molecule has 0 aliphatic heterocycles. The molecule has 1 aromatic heterocycles. The number of halogens is 1. The van der Waals surface area contributed by atoms with Gasteiger partial charge in [0.2, 0.25) is 5.71 Å². The van der Waals surface area contributed by atoms with Crippen LogP contribution in [0, 0.1) is 22.7 Å². The van der Waals surface area contributed by atoms with Gasteiger partial charge >= 0.3 is 0 Å². The zero-order chi connectivity index (χ0) is 12.3. The molecule has 0 saturated carbocycles. The quantitative estimate of drug-likeness (QED) is 0.653. The maximum Gasteiger partial charge on any atom is 0.237 e. The summed E-state index contributed by atoms with van der Waals surface area (Å²) in [6.45, 7) is 0. The standard InChI is InChI=1S/C10H5BrN6/c11-8-1-6-5-14-16-9(6)2-10(8)17-15-7(3-12)4-13/h1-2,5,17H,(H,14,16). The fourth-order valence-electron chi connectivity index (χ4n) is 1.24. The second-order valence-corrected chi connectivity index (χ2v) is 3.94. The third-order valence-electron chi connectivity index (χ3n) is 2.03. The minimum Gasteiger partial charge on any atom is -0.278 e. The predicted molar refractivity (Wildman–Crippen MR) is 66.1 cm³/mol. The molecule has 0 amide bonds. The van der Waals surface area contributed by atoms with Gasteiger partial charge in [0.25, 0.3) is 0 Å². The van der Waals surface area contributed by atoms with Gasteiger partial charge in [-0.3, -0.25) is 10.5 Å². The molecule has 1 aromatic carbocycles. The number of fused-ring (bicyclic) bond motifs is 1. The molecule has 17 heavy (non-hydrogen) atoms. The summed E-state index contributed by atoms with van der Waals surface area (Å²) >= 11 is 3.36. The Kier molecular flexibility index (Phi) is 3.03. The van der Waals surface area contributed by atoms with Gasteiger partial charge in [0, 0.05) is 9.86 Å². The van der Waals surface area contributed by atoms with E-state index in [1.54, 1.807) is 24.4 Å². The van der Waals surface area contributed by atoms with Crippen LogP contribution >= 0.6 is 15.9 Å². The normalized spacial score (nSPS) is 9.35. The Morgan fingerprint density at radius 3 is 2.88 bits per heavy atom. The maximum atomic E-state index is 8.54. The average Bonchev–Trinajstić information content (AvgIpc) is 2.77. The van der Waals surface area contributed by atoms with E-state index in [2.05, 4.69) is 36.7 Å². The number of H-pyrrole nitrogens is 1. The second-order valence-electron chi connectivity index (χ2n) is 3.09. The highest BCUT2D eigenvalue weighted by Gasteiger charge is 2.04. The van der Waals surface area contributed by atoms with E-state index in [0.29, 0.717) is 5.69 Å². The predicted octanol–water partition coefficient (Wildman–Crippen LogP) is 2.14. The number of hydrogen-bond donors (Lipinski definition) is 2. The van der Waals surface area contributed by atoms with Gasteiger partial charge in [-0.05, 0) is 28.1 Å². The molecule has 6 nitrogen and oxygen atoms in total. The molecule has 0 radical (unpaired) electrons. The van der Waals surface area contributed by atoms with Crippen molar-refractivity contribution in [3.63, 3.8) is 0 Å². The number of anilines is 1. The average molecular weight is 289 g/mol. The monoisotopic (exact) mass is 288 g/mol. The lowest BCUT2D eigenvalue weighted by Gasteiger charge is -2.03. The van der Waals surface area contributed by atoms with Crippen LogP contribution in [0.3, 0.4) is 0 Å². The summed E-state index contributed by atoms with van der Waals surface area (Å²) in [4.78, 5) is 0. The first-order valence-electron chi connectivity index (χ1n) is 4.51. The first-order valence-corrected chi connectivity index (χ1v) is 5.30. The molecule has 0 bridgehead atoms. The van der Waals surface area contributed by atoms with Crippen LogP contribution in [-0.4, -0.2) is 15.9 Å². The molecule has 82 valence electrons. The van der Waals surface area contributed by atoms with Crippen molar-refractivity contribution in [2.45, 2.75) is 0 Å². The lowest BCUT2D eigenvalue weighted by atomic mass is 10.2. The van der Waals surface area contributed by atoms with Crippen molar-refractivity contribution in [1.29, 1.82) is 10.5 Å². The molecular weight excluding hydrogens is 284 g/mol. The van der Waals surface area contributed by atoms with Gasteiger partial charge in [0.05, 0.1) is 17.4 Å². The van der Waals surface area contributed by atoms with Crippen LogP contribution in [0.4, 0.5) is 5.69 Å². The van der Waals surface area contributed by atoms with Gasteiger partial charge in [0.1, 0.15) is 12.1 Å². The Morgan fingerprint density at radius 2 is 2.18 bits per heavy atom. The number of nitriles is 2. The van der Waals surface area contributed by atoms with Gasteiger partial charge < -0.3 is 0 Å². The molecule has 0 unspecified atom stereocenters. The van der Waals surface area contributed by atoms with Gasteiger partial charge in [-0.1, -0.05) is 0 Å². The Labute approximate surface area is 105 Å². The van der Waals surface area contributed by atoms with Crippen molar-refractivity contribution >= 4 is 38.2 Å². The molecule has 7 heteroatoms. The SMILES string of the molecule is N#CC(C#N)=NNc1cc2[nH]ncc2cc1Br. The van der Waals surface area contributed by atoms with Gasteiger partial charge in [-0.2, -0.15) is 20.7 Å². The largest absolute Gasteiger partial charge is 0.278 e. The molecule has 0 atom stereocenters. The maximum absolute atomic E-state index is 8.54. The van der Waals surface area contributed by atoms with Crippen molar-refractivity contribution in [2.75, 3.05) is 5.43 Å². The Morgan fingerprint density at radius 1 is 1.41 bits per heavy atom. The van der Waals surface area contributed by atoms with E-state index in [1.165, 1.54) is 0 Å². The third kappa shape index (κ3) is 2.25. The smallest absolute Gasteiger partial charge is 0.237 e. The Bertz CT molecular complexity index is 656. The van der Waals surface area contributed by atoms with Crippen molar-refractivity contribution in [3.05, 3.63) is 22.8 Å². The zero-order valence-corrected chi connectivity index (χ0v) is 9.98. The highest BCUT2D eigenvalue weighted by Crippen LogP contribution is 2.27. The lowest BCUT2D eigenvalue weighted by Crippen LogP contribution is -1.96. The zero-order valence-electron chi connectivity index (χ0n) is 8.40. The summed E-state index contributed by atoms with van der Waals surface area (Å²) < 4.78 is 0.769. The number of nitrogens with one attached hydrogen (secondary N) is 2. The molecule has 2 aromatic rings. The van der Waals surface area contributed by atoms with Gasteiger partial charge in [0.15, 0.2) is 0 Å². The van der Waals surface area contributed by atoms with E-state index >= 15 is 0 Å². The van der Waals surface area contributed by atoms with Crippen molar-refractivity contribution in [3.8, 4) is 12.1 Å². The molecule has 0 spiro atoms.